The minimum absolute atomic E-state index is 0.0108. The maximum Gasteiger partial charge on any atom is 0.247 e. The molecule has 10 nitrogen and oxygen atoms in total. The molecule has 0 aromatic heterocycles. The number of ether oxygens (including phenoxy) is 3. The minimum atomic E-state index is -1.12. The van der Waals surface area contributed by atoms with Crippen molar-refractivity contribution < 1.29 is 39.1 Å². The van der Waals surface area contributed by atoms with Crippen molar-refractivity contribution >= 4 is 34.4 Å². The molecule has 0 radical (unpaired) electrons. The van der Waals surface area contributed by atoms with Gasteiger partial charge in [0.15, 0.2) is 11.5 Å². The van der Waals surface area contributed by atoms with Gasteiger partial charge in [-0.25, -0.2) is 0 Å². The highest BCUT2D eigenvalue weighted by Crippen LogP contribution is 2.50. The van der Waals surface area contributed by atoms with Crippen molar-refractivity contribution in [3.63, 3.8) is 0 Å². The summed E-state index contributed by atoms with van der Waals surface area (Å²) in [5, 5.41) is 33.4. The van der Waals surface area contributed by atoms with Gasteiger partial charge in [-0.1, -0.05) is 6.42 Å². The molecule has 1 aromatic rings. The Kier molecular flexibility index (Phi) is 12.3. The number of aliphatic hydroxyl groups excluding tert-OH is 3. The second kappa shape index (κ2) is 15.7. The molecule has 11 heteroatoms. The number of rotatable bonds is 15. The van der Waals surface area contributed by atoms with Crippen LogP contribution in [0.4, 0.5) is 0 Å². The van der Waals surface area contributed by atoms with Gasteiger partial charge in [-0.15, -0.1) is 0 Å². The van der Waals surface area contributed by atoms with Crippen LogP contribution in [0.1, 0.15) is 57.4 Å². The third kappa shape index (κ3) is 7.96. The Labute approximate surface area is 261 Å². The molecule has 2 saturated carbocycles. The number of carbonyl (C=O) groups is 2. The van der Waals surface area contributed by atoms with Crippen LogP contribution < -0.4 is 14.8 Å². The Balaban J connectivity index is 1.63. The van der Waals surface area contributed by atoms with E-state index >= 15 is 0 Å². The zero-order chi connectivity index (χ0) is 30.2. The van der Waals surface area contributed by atoms with Crippen molar-refractivity contribution in [1.29, 1.82) is 0 Å². The van der Waals surface area contributed by atoms with Gasteiger partial charge >= 0.3 is 0 Å². The molecule has 2 fully saturated rings. The molecule has 6 atom stereocenters. The Morgan fingerprint density at radius 1 is 1.19 bits per heavy atom. The SMILES string of the molecule is CCOCCCN(C(=O)CC1CC2CCC1C2)[C@@H]1CC(C(=O)NCCO)=C[C@H](Oc2c(I)cc(CO)cc2OC)[C@H]1O. The lowest BCUT2D eigenvalue weighted by molar-refractivity contribution is -0.140. The van der Waals surface area contributed by atoms with E-state index in [-0.39, 0.29) is 38.0 Å². The first-order valence-electron chi connectivity index (χ1n) is 15.1. The van der Waals surface area contributed by atoms with Gasteiger partial charge in [0.05, 0.1) is 29.9 Å². The number of halogens is 1. The highest BCUT2D eigenvalue weighted by Gasteiger charge is 2.44. The summed E-state index contributed by atoms with van der Waals surface area (Å²) in [7, 11) is 1.50. The van der Waals surface area contributed by atoms with Gasteiger partial charge in [0, 0.05) is 44.7 Å². The highest BCUT2D eigenvalue weighted by molar-refractivity contribution is 14.1. The summed E-state index contributed by atoms with van der Waals surface area (Å²) in [6.07, 6.45) is 5.46. The van der Waals surface area contributed by atoms with Crippen LogP contribution in [-0.2, 0) is 20.9 Å². The number of carbonyl (C=O) groups excluding carboxylic acids is 2. The molecule has 4 N–H and O–H groups in total. The second-order valence-corrected chi connectivity index (χ2v) is 12.7. The molecule has 3 unspecified atom stereocenters. The van der Waals surface area contributed by atoms with Crippen LogP contribution in [-0.4, -0.2) is 90.3 Å². The van der Waals surface area contributed by atoms with Crippen molar-refractivity contribution in [1.82, 2.24) is 10.2 Å². The van der Waals surface area contributed by atoms with Crippen LogP contribution in [0.5, 0.6) is 11.5 Å². The number of nitrogens with one attached hydrogen (secondary N) is 1. The van der Waals surface area contributed by atoms with E-state index in [9.17, 15) is 24.9 Å². The van der Waals surface area contributed by atoms with E-state index in [4.69, 9.17) is 14.2 Å². The maximum atomic E-state index is 14.0. The van der Waals surface area contributed by atoms with E-state index in [1.807, 2.05) is 6.92 Å². The first kappa shape index (κ1) is 33.0. The van der Waals surface area contributed by atoms with Gasteiger partial charge in [0.25, 0.3) is 0 Å². The average molecular weight is 701 g/mol. The quantitative estimate of drug-likeness (QED) is 0.162. The number of methoxy groups -OCH3 is 1. The Morgan fingerprint density at radius 2 is 2.00 bits per heavy atom. The summed E-state index contributed by atoms with van der Waals surface area (Å²) in [5.74, 6) is 2.05. The standard InChI is InChI=1S/C31H45IN2O8/c1-3-41-10-4-8-34(28(37)17-22-12-19-5-6-21(22)11-19)25-15-23(31(39)33-7-9-35)16-26(29(25)38)42-30-24(32)13-20(18-36)14-27(30)40-2/h13-14,16,19,21-22,25-26,29,35-36,38H,3-12,15,17-18H2,1-2H3,(H,33,39)/t19?,21?,22?,25-,26+,29+/m1/s1. The van der Waals surface area contributed by atoms with Crippen molar-refractivity contribution in [2.45, 2.75) is 76.7 Å². The summed E-state index contributed by atoms with van der Waals surface area (Å²) < 4.78 is 18.1. The van der Waals surface area contributed by atoms with Crippen molar-refractivity contribution in [2.24, 2.45) is 17.8 Å². The van der Waals surface area contributed by atoms with Crippen LogP contribution in [0.15, 0.2) is 23.8 Å². The molecule has 42 heavy (non-hydrogen) atoms. The van der Waals surface area contributed by atoms with Crippen LogP contribution in [0, 0.1) is 21.3 Å². The molecule has 0 heterocycles. The first-order valence-corrected chi connectivity index (χ1v) is 16.2. The zero-order valence-corrected chi connectivity index (χ0v) is 26.8. The van der Waals surface area contributed by atoms with E-state index < -0.39 is 18.2 Å². The topological polar surface area (TPSA) is 138 Å². The molecular formula is C31H45IN2O8. The molecule has 3 aliphatic rings. The number of fused-ring (bicyclic) bond motifs is 2. The lowest BCUT2D eigenvalue weighted by Crippen LogP contribution is -2.55. The van der Waals surface area contributed by atoms with Crippen LogP contribution in [0.3, 0.4) is 0 Å². The van der Waals surface area contributed by atoms with Gasteiger partial charge in [-0.2, -0.15) is 0 Å². The normalized spacial score (nSPS) is 26.6. The van der Waals surface area contributed by atoms with Crippen LogP contribution in [0.2, 0.25) is 0 Å². The number of hydrogen-bond donors (Lipinski definition) is 4. The Hall–Kier alpha value is -1.93. The van der Waals surface area contributed by atoms with E-state index in [0.717, 1.165) is 12.3 Å². The summed E-state index contributed by atoms with van der Waals surface area (Å²) in [6.45, 7) is 3.10. The Bertz CT molecular complexity index is 1110. The molecule has 2 bridgehead atoms. The number of hydrogen-bond acceptors (Lipinski definition) is 8. The monoisotopic (exact) mass is 700 g/mol. The third-order valence-electron chi connectivity index (χ3n) is 8.87. The van der Waals surface area contributed by atoms with Gasteiger partial charge in [-0.05, 0) is 96.7 Å². The number of amides is 2. The van der Waals surface area contributed by atoms with Crippen molar-refractivity contribution in [3.8, 4) is 11.5 Å². The fourth-order valence-corrected chi connectivity index (χ4v) is 7.61. The van der Waals surface area contributed by atoms with Crippen LogP contribution >= 0.6 is 22.6 Å². The fraction of sp³-hybridized carbons (Fsp3) is 0.677. The predicted octanol–water partition coefficient (Wildman–Crippen LogP) is 2.79. The molecule has 2 amide bonds. The van der Waals surface area contributed by atoms with E-state index in [2.05, 4.69) is 27.9 Å². The predicted molar refractivity (Wildman–Crippen MR) is 165 cm³/mol. The zero-order valence-electron chi connectivity index (χ0n) is 24.6. The molecule has 0 aliphatic heterocycles. The molecule has 3 aliphatic carbocycles. The molecule has 4 rings (SSSR count). The molecule has 0 saturated heterocycles. The van der Waals surface area contributed by atoms with Gasteiger partial charge in [0.1, 0.15) is 12.2 Å². The average Bonchev–Trinajstić information content (AvgIpc) is 3.61. The van der Waals surface area contributed by atoms with E-state index in [0.29, 0.717) is 70.6 Å². The molecule has 1 aromatic carbocycles. The lowest BCUT2D eigenvalue weighted by atomic mass is 9.84. The molecular weight excluding hydrogens is 655 g/mol. The highest BCUT2D eigenvalue weighted by atomic mass is 127. The van der Waals surface area contributed by atoms with Crippen LogP contribution in [0.25, 0.3) is 0 Å². The smallest absolute Gasteiger partial charge is 0.247 e. The summed E-state index contributed by atoms with van der Waals surface area (Å²) in [5.41, 5.74) is 1.03. The van der Waals surface area contributed by atoms with E-state index in [1.165, 1.54) is 26.4 Å². The van der Waals surface area contributed by atoms with Gasteiger partial charge in [-0.3, -0.25) is 9.59 Å². The first-order chi connectivity index (χ1) is 20.3. The minimum Gasteiger partial charge on any atom is -0.493 e. The third-order valence-corrected chi connectivity index (χ3v) is 9.68. The molecule has 0 spiro atoms. The van der Waals surface area contributed by atoms with Crippen molar-refractivity contribution in [2.75, 3.05) is 40.0 Å². The number of benzene rings is 1. The lowest BCUT2D eigenvalue weighted by Gasteiger charge is -2.41. The number of nitrogens with zero attached hydrogens (tertiary/aromatic N) is 1. The van der Waals surface area contributed by atoms with E-state index in [1.54, 1.807) is 23.1 Å². The maximum absolute atomic E-state index is 14.0. The Morgan fingerprint density at radius 3 is 2.64 bits per heavy atom. The number of aliphatic hydroxyl groups is 3. The van der Waals surface area contributed by atoms with Crippen molar-refractivity contribution in [3.05, 3.63) is 32.9 Å². The summed E-state index contributed by atoms with van der Waals surface area (Å²) in [4.78, 5) is 28.8. The summed E-state index contributed by atoms with van der Waals surface area (Å²) >= 11 is 2.09. The largest absolute Gasteiger partial charge is 0.493 e. The fourth-order valence-electron chi connectivity index (χ4n) is 6.82. The summed E-state index contributed by atoms with van der Waals surface area (Å²) in [6, 6.07) is 2.74. The van der Waals surface area contributed by atoms with Gasteiger partial charge < -0.3 is 39.7 Å². The van der Waals surface area contributed by atoms with Gasteiger partial charge in [0.2, 0.25) is 11.8 Å². The second-order valence-electron chi connectivity index (χ2n) is 11.6. The molecule has 234 valence electrons.